The molecule has 4 rings (SSSR count). The van der Waals surface area contributed by atoms with Gasteiger partial charge in [-0.05, 0) is 18.6 Å². The van der Waals surface area contributed by atoms with E-state index in [9.17, 15) is 9.90 Å². The fraction of sp³-hybridized carbons (Fsp3) is 0.138. The molecule has 0 saturated carbocycles. The zero-order chi connectivity index (χ0) is 23.3. The molecular formula is C29H27NO3. The third-order valence-electron chi connectivity index (χ3n) is 5.81. The Morgan fingerprint density at radius 3 is 1.64 bits per heavy atom. The molecule has 0 aromatic heterocycles. The molecule has 4 aromatic rings. The molecule has 0 atom stereocenters. The Hall–Kier alpha value is -4.05. The minimum atomic E-state index is -0.979. The van der Waals surface area contributed by atoms with Gasteiger partial charge in [0.05, 0.1) is 5.56 Å². The molecule has 0 bridgehead atoms. The highest BCUT2D eigenvalue weighted by Crippen LogP contribution is 2.44. The first kappa shape index (κ1) is 22.2. The van der Waals surface area contributed by atoms with Crippen LogP contribution in [0.4, 0.5) is 0 Å². The number of ether oxygens (including phenoxy) is 1. The fourth-order valence-electron chi connectivity index (χ4n) is 4.26. The maximum atomic E-state index is 11.9. The van der Waals surface area contributed by atoms with E-state index in [4.69, 9.17) is 10.5 Å². The van der Waals surface area contributed by atoms with Crippen molar-refractivity contribution in [1.82, 2.24) is 0 Å². The second-order valence-electron chi connectivity index (χ2n) is 7.93. The molecule has 0 spiro atoms. The van der Waals surface area contributed by atoms with Crippen LogP contribution in [0.1, 0.15) is 46.0 Å². The highest BCUT2D eigenvalue weighted by molar-refractivity contribution is 5.96. The number of rotatable bonds is 8. The molecule has 4 aromatic carbocycles. The number of nitrogens with two attached hydrogens (primary N) is 1. The molecule has 1 amide bonds. The van der Waals surface area contributed by atoms with E-state index in [1.165, 1.54) is 6.07 Å². The number of benzene rings is 4. The molecule has 0 aliphatic carbocycles. The largest absolute Gasteiger partial charge is 0.507 e. The molecule has 0 aliphatic rings. The van der Waals surface area contributed by atoms with Gasteiger partial charge in [-0.25, -0.2) is 0 Å². The van der Waals surface area contributed by atoms with Crippen LogP contribution in [0.15, 0.2) is 103 Å². The van der Waals surface area contributed by atoms with Crippen molar-refractivity contribution in [2.75, 3.05) is 0 Å². The Labute approximate surface area is 194 Å². The van der Waals surface area contributed by atoms with Gasteiger partial charge in [0.15, 0.2) is 5.60 Å². The normalized spacial score (nSPS) is 11.2. The molecule has 0 radical (unpaired) electrons. The van der Waals surface area contributed by atoms with E-state index in [0.29, 0.717) is 17.7 Å². The van der Waals surface area contributed by atoms with Crippen molar-refractivity contribution in [3.05, 3.63) is 131 Å². The highest BCUT2D eigenvalue weighted by Gasteiger charge is 2.39. The smallest absolute Gasteiger partial charge is 0.252 e. The molecule has 0 saturated heterocycles. The average Bonchev–Trinajstić information content (AvgIpc) is 2.86. The van der Waals surface area contributed by atoms with Crippen molar-refractivity contribution >= 4 is 5.91 Å². The lowest BCUT2D eigenvalue weighted by Gasteiger charge is -2.37. The summed E-state index contributed by atoms with van der Waals surface area (Å²) in [6.07, 6.45) is 1.30. The first-order chi connectivity index (χ1) is 16.1. The molecule has 0 unspecified atom stereocenters. The van der Waals surface area contributed by atoms with Crippen LogP contribution in [0.5, 0.6) is 11.5 Å². The average molecular weight is 438 g/mol. The van der Waals surface area contributed by atoms with Crippen LogP contribution in [0.3, 0.4) is 0 Å². The summed E-state index contributed by atoms with van der Waals surface area (Å²) in [5.74, 6) is -0.280. The number of aromatic hydroxyl groups is 1. The van der Waals surface area contributed by atoms with Crippen molar-refractivity contribution in [2.24, 2.45) is 5.73 Å². The van der Waals surface area contributed by atoms with E-state index < -0.39 is 11.5 Å². The standard InChI is InChI=1S/C29H27NO3/c1-2-12-24-26(20-19-25(27(24)31)28(30)32)33-29(21-13-6-3-7-14-21,22-15-8-4-9-16-22)23-17-10-5-11-18-23/h3-11,13-20,31H,2,12H2,1H3,(H2,30,32). The summed E-state index contributed by atoms with van der Waals surface area (Å²) in [6.45, 7) is 2.01. The third-order valence-corrected chi connectivity index (χ3v) is 5.81. The van der Waals surface area contributed by atoms with Crippen molar-refractivity contribution < 1.29 is 14.6 Å². The van der Waals surface area contributed by atoms with E-state index >= 15 is 0 Å². The van der Waals surface area contributed by atoms with Crippen LogP contribution in [0, 0.1) is 0 Å². The Kier molecular flexibility index (Phi) is 6.45. The predicted molar refractivity (Wildman–Crippen MR) is 130 cm³/mol. The van der Waals surface area contributed by atoms with Crippen LogP contribution in [0.25, 0.3) is 0 Å². The SMILES string of the molecule is CCCc1c(OC(c2ccccc2)(c2ccccc2)c2ccccc2)ccc(C(N)=O)c1O. The van der Waals surface area contributed by atoms with Gasteiger partial charge in [-0.3, -0.25) is 4.79 Å². The monoisotopic (exact) mass is 437 g/mol. The summed E-state index contributed by atoms with van der Waals surface area (Å²) in [6, 6.07) is 33.3. The van der Waals surface area contributed by atoms with Crippen molar-refractivity contribution in [3.63, 3.8) is 0 Å². The van der Waals surface area contributed by atoms with E-state index in [-0.39, 0.29) is 11.3 Å². The molecular weight excluding hydrogens is 410 g/mol. The Bertz CT molecular complexity index is 1130. The quantitative estimate of drug-likeness (QED) is 0.342. The Morgan fingerprint density at radius 2 is 1.24 bits per heavy atom. The number of carbonyl (C=O) groups excluding carboxylic acids is 1. The van der Waals surface area contributed by atoms with E-state index in [1.54, 1.807) is 6.07 Å². The molecule has 4 heteroatoms. The first-order valence-corrected chi connectivity index (χ1v) is 11.1. The molecule has 0 heterocycles. The molecule has 4 nitrogen and oxygen atoms in total. The van der Waals surface area contributed by atoms with Crippen LogP contribution >= 0.6 is 0 Å². The topological polar surface area (TPSA) is 72.5 Å². The molecule has 0 aliphatic heterocycles. The maximum Gasteiger partial charge on any atom is 0.252 e. The fourth-order valence-corrected chi connectivity index (χ4v) is 4.26. The molecule has 166 valence electrons. The number of amides is 1. The molecule has 33 heavy (non-hydrogen) atoms. The lowest BCUT2D eigenvalue weighted by atomic mass is 9.80. The van der Waals surface area contributed by atoms with Gasteiger partial charge < -0.3 is 15.6 Å². The summed E-state index contributed by atoms with van der Waals surface area (Å²) in [4.78, 5) is 11.9. The second kappa shape index (κ2) is 9.61. The van der Waals surface area contributed by atoms with Gasteiger partial charge in [0.2, 0.25) is 0 Å². The van der Waals surface area contributed by atoms with Crippen LogP contribution in [-0.2, 0) is 12.0 Å². The zero-order valence-corrected chi connectivity index (χ0v) is 18.6. The minimum Gasteiger partial charge on any atom is -0.507 e. The van der Waals surface area contributed by atoms with Gasteiger partial charge in [-0.2, -0.15) is 0 Å². The molecule has 0 fully saturated rings. The first-order valence-electron chi connectivity index (χ1n) is 11.1. The number of phenols is 1. The zero-order valence-electron chi connectivity index (χ0n) is 18.6. The summed E-state index contributed by atoms with van der Waals surface area (Å²) in [7, 11) is 0. The highest BCUT2D eigenvalue weighted by atomic mass is 16.5. The predicted octanol–water partition coefficient (Wildman–Crippen LogP) is 5.81. The Balaban J connectivity index is 2.01. The molecule has 3 N–H and O–H groups in total. The van der Waals surface area contributed by atoms with Gasteiger partial charge in [-0.15, -0.1) is 0 Å². The maximum absolute atomic E-state index is 11.9. The number of carbonyl (C=O) groups is 1. The van der Waals surface area contributed by atoms with E-state index in [0.717, 1.165) is 23.1 Å². The van der Waals surface area contributed by atoms with Crippen molar-refractivity contribution in [2.45, 2.75) is 25.4 Å². The number of primary amides is 1. The van der Waals surface area contributed by atoms with Crippen LogP contribution in [0.2, 0.25) is 0 Å². The van der Waals surface area contributed by atoms with Crippen molar-refractivity contribution in [1.29, 1.82) is 0 Å². The van der Waals surface area contributed by atoms with Crippen LogP contribution in [-0.4, -0.2) is 11.0 Å². The summed E-state index contributed by atoms with van der Waals surface area (Å²) in [5, 5.41) is 10.9. The van der Waals surface area contributed by atoms with Crippen molar-refractivity contribution in [3.8, 4) is 11.5 Å². The van der Waals surface area contributed by atoms with Gasteiger partial charge in [-0.1, -0.05) is 104 Å². The number of hydrogen-bond donors (Lipinski definition) is 2. The summed E-state index contributed by atoms with van der Waals surface area (Å²) < 4.78 is 6.95. The van der Waals surface area contributed by atoms with E-state index in [2.05, 4.69) is 0 Å². The van der Waals surface area contributed by atoms with Gasteiger partial charge in [0.25, 0.3) is 5.91 Å². The minimum absolute atomic E-state index is 0.0931. The van der Waals surface area contributed by atoms with Crippen LogP contribution < -0.4 is 10.5 Å². The second-order valence-corrected chi connectivity index (χ2v) is 7.93. The third kappa shape index (κ3) is 4.20. The lowest BCUT2D eigenvalue weighted by molar-refractivity contribution is 0.0997. The number of hydrogen-bond acceptors (Lipinski definition) is 3. The summed E-state index contributed by atoms with van der Waals surface area (Å²) in [5.41, 5.74) is 8.02. The summed E-state index contributed by atoms with van der Waals surface area (Å²) >= 11 is 0. The Morgan fingerprint density at radius 1 is 0.788 bits per heavy atom. The van der Waals surface area contributed by atoms with Gasteiger partial charge in [0.1, 0.15) is 11.5 Å². The van der Waals surface area contributed by atoms with Gasteiger partial charge >= 0.3 is 0 Å². The van der Waals surface area contributed by atoms with E-state index in [1.807, 2.05) is 97.9 Å². The lowest BCUT2D eigenvalue weighted by Crippen LogP contribution is -2.36. The van der Waals surface area contributed by atoms with Gasteiger partial charge in [0, 0.05) is 22.3 Å².